The van der Waals surface area contributed by atoms with Crippen molar-refractivity contribution >= 4 is 29.1 Å². The van der Waals surface area contributed by atoms with Crippen LogP contribution in [0.15, 0.2) is 83.9 Å². The number of carbonyl (C=O) groups excluding carboxylic acids is 2. The van der Waals surface area contributed by atoms with Gasteiger partial charge in [-0.15, -0.1) is 0 Å². The van der Waals surface area contributed by atoms with Crippen molar-refractivity contribution in [2.75, 3.05) is 11.4 Å². The molecule has 6 nitrogen and oxygen atoms in total. The van der Waals surface area contributed by atoms with Gasteiger partial charge in [-0.1, -0.05) is 48.5 Å². The molecule has 0 saturated carbocycles. The Morgan fingerprint density at radius 1 is 0.971 bits per heavy atom. The fraction of sp³-hybridized carbons (Fsp3) is 0.276. The van der Waals surface area contributed by atoms with E-state index in [0.29, 0.717) is 29.4 Å². The minimum absolute atomic E-state index is 0.129. The molecule has 1 aliphatic heterocycles. The minimum atomic E-state index is -0.626. The van der Waals surface area contributed by atoms with Gasteiger partial charge in [-0.05, 0) is 70.5 Å². The molecule has 0 aliphatic carbocycles. The lowest BCUT2D eigenvalue weighted by molar-refractivity contribution is -0.126. The highest BCUT2D eigenvalue weighted by Crippen LogP contribution is 2.37. The molecule has 0 spiro atoms. The number of aliphatic imine (C=N–C) groups is 1. The van der Waals surface area contributed by atoms with Crippen molar-refractivity contribution in [3.63, 3.8) is 0 Å². The Morgan fingerprint density at radius 2 is 1.66 bits per heavy atom. The van der Waals surface area contributed by atoms with Gasteiger partial charge < -0.3 is 10.2 Å². The fourth-order valence-corrected chi connectivity index (χ4v) is 4.30. The molecular formula is C29H32N4O2. The summed E-state index contributed by atoms with van der Waals surface area (Å²) in [5, 5.41) is 3.12. The second-order valence-corrected chi connectivity index (χ2v) is 9.74. The van der Waals surface area contributed by atoms with Crippen LogP contribution in [0.25, 0.3) is 0 Å². The van der Waals surface area contributed by atoms with E-state index >= 15 is 0 Å². The normalized spacial score (nSPS) is 15.2. The van der Waals surface area contributed by atoms with E-state index in [0.717, 1.165) is 11.1 Å². The number of aryl methyl sites for hydroxylation is 1. The smallest absolute Gasteiger partial charge is 0.265 e. The Labute approximate surface area is 207 Å². The molecule has 1 atom stereocenters. The van der Waals surface area contributed by atoms with Gasteiger partial charge in [-0.2, -0.15) is 0 Å². The first-order chi connectivity index (χ1) is 16.7. The summed E-state index contributed by atoms with van der Waals surface area (Å²) < 4.78 is 0. The fourth-order valence-electron chi connectivity index (χ4n) is 4.30. The number of fused-ring (bicyclic) bond motifs is 1. The van der Waals surface area contributed by atoms with Crippen LogP contribution in [0.4, 0.5) is 11.4 Å². The first kappa shape index (κ1) is 24.2. The van der Waals surface area contributed by atoms with Crippen molar-refractivity contribution in [3.05, 3.63) is 95.6 Å². The maximum absolute atomic E-state index is 14.0. The molecule has 0 bridgehead atoms. The summed E-state index contributed by atoms with van der Waals surface area (Å²) in [5.41, 5.74) is 3.36. The van der Waals surface area contributed by atoms with Gasteiger partial charge in [-0.25, -0.2) is 9.89 Å². The summed E-state index contributed by atoms with van der Waals surface area (Å²) in [4.78, 5) is 36.1. The predicted octanol–water partition coefficient (Wildman–Crippen LogP) is 5.62. The maximum atomic E-state index is 14.0. The van der Waals surface area contributed by atoms with Gasteiger partial charge in [0.1, 0.15) is 6.04 Å². The maximum Gasteiger partial charge on any atom is 0.265 e. The molecular weight excluding hydrogens is 436 g/mol. The highest BCUT2D eigenvalue weighted by molar-refractivity contribution is 6.23. The highest BCUT2D eigenvalue weighted by Gasteiger charge is 2.39. The van der Waals surface area contributed by atoms with Gasteiger partial charge in [-0.3, -0.25) is 9.59 Å². The lowest BCUT2D eigenvalue weighted by Crippen LogP contribution is -2.55. The average molecular weight is 469 g/mol. The summed E-state index contributed by atoms with van der Waals surface area (Å²) in [5.74, 6) is 0.0954. The lowest BCUT2D eigenvalue weighted by atomic mass is 9.98. The molecule has 2 amide bonds. The zero-order valence-electron chi connectivity index (χ0n) is 20.9. The molecule has 0 fully saturated rings. The highest BCUT2D eigenvalue weighted by atomic mass is 16.2. The number of para-hydroxylation sites is 1. The van der Waals surface area contributed by atoms with Crippen molar-refractivity contribution < 1.29 is 9.59 Å². The zero-order chi connectivity index (χ0) is 25.2. The monoisotopic (exact) mass is 468 g/mol. The summed E-state index contributed by atoms with van der Waals surface area (Å²) in [6.45, 7) is 10.3. The summed E-state index contributed by atoms with van der Waals surface area (Å²) in [7, 11) is 0. The molecule has 1 heterocycles. The zero-order valence-corrected chi connectivity index (χ0v) is 20.9. The number of likely N-dealkylation sites (N-methyl/N-ethyl adjacent to an activating group) is 1. The standard InChI is InChI=1S/C29H32N4O2/c1-6-32-25(26(34)31-29(3,4)5)23-17-10-11-18-24(23)30-28(32)33(22-16-12-13-20(2)19-22)27(35)21-14-8-7-9-15-21/h7-19,25H,6H2,1-5H3,(H,31,34). The number of carbonyl (C=O) groups is 2. The number of guanidine groups is 1. The minimum Gasteiger partial charge on any atom is -0.349 e. The van der Waals surface area contributed by atoms with Gasteiger partial charge in [0.15, 0.2) is 0 Å². The molecule has 0 saturated heterocycles. The largest absolute Gasteiger partial charge is 0.349 e. The quantitative estimate of drug-likeness (QED) is 0.540. The number of benzene rings is 3. The molecule has 4 rings (SSSR count). The van der Waals surface area contributed by atoms with E-state index in [1.54, 1.807) is 17.0 Å². The van der Waals surface area contributed by atoms with Crippen LogP contribution in [0.1, 0.15) is 55.2 Å². The number of rotatable bonds is 4. The third kappa shape index (κ3) is 5.11. The van der Waals surface area contributed by atoms with E-state index in [2.05, 4.69) is 5.32 Å². The van der Waals surface area contributed by atoms with E-state index in [9.17, 15) is 9.59 Å². The molecule has 180 valence electrons. The van der Waals surface area contributed by atoms with Crippen LogP contribution in [0.3, 0.4) is 0 Å². The third-order valence-corrected chi connectivity index (χ3v) is 5.79. The van der Waals surface area contributed by atoms with Crippen molar-refractivity contribution in [2.45, 2.75) is 46.2 Å². The van der Waals surface area contributed by atoms with Crippen LogP contribution in [0.2, 0.25) is 0 Å². The first-order valence-electron chi connectivity index (χ1n) is 11.9. The first-order valence-corrected chi connectivity index (χ1v) is 11.9. The van der Waals surface area contributed by atoms with E-state index < -0.39 is 11.6 Å². The van der Waals surface area contributed by atoms with Crippen molar-refractivity contribution in [3.8, 4) is 0 Å². The van der Waals surface area contributed by atoms with Crippen LogP contribution in [0.5, 0.6) is 0 Å². The average Bonchev–Trinajstić information content (AvgIpc) is 2.82. The van der Waals surface area contributed by atoms with Gasteiger partial charge in [0.05, 0.1) is 11.4 Å². The van der Waals surface area contributed by atoms with Crippen LogP contribution < -0.4 is 10.2 Å². The molecule has 0 aromatic heterocycles. The summed E-state index contributed by atoms with van der Waals surface area (Å²) >= 11 is 0. The number of nitrogens with zero attached hydrogens (tertiary/aromatic N) is 3. The van der Waals surface area contributed by atoms with Crippen LogP contribution in [-0.2, 0) is 4.79 Å². The van der Waals surface area contributed by atoms with E-state index in [4.69, 9.17) is 4.99 Å². The van der Waals surface area contributed by atoms with Gasteiger partial charge in [0.25, 0.3) is 5.91 Å². The molecule has 3 aromatic carbocycles. The van der Waals surface area contributed by atoms with Crippen molar-refractivity contribution in [2.24, 2.45) is 4.99 Å². The molecule has 35 heavy (non-hydrogen) atoms. The Morgan fingerprint density at radius 3 is 2.31 bits per heavy atom. The molecule has 1 N–H and O–H groups in total. The Kier molecular flexibility index (Phi) is 6.74. The topological polar surface area (TPSA) is 65.0 Å². The molecule has 1 aliphatic rings. The van der Waals surface area contributed by atoms with Gasteiger partial charge in [0.2, 0.25) is 11.9 Å². The van der Waals surface area contributed by atoms with Crippen LogP contribution in [-0.4, -0.2) is 34.8 Å². The number of hydrogen-bond donors (Lipinski definition) is 1. The summed E-state index contributed by atoms with van der Waals surface area (Å²) in [6, 6.07) is 23.9. The molecule has 6 heteroatoms. The lowest BCUT2D eigenvalue weighted by Gasteiger charge is -2.41. The van der Waals surface area contributed by atoms with E-state index in [1.807, 2.05) is 106 Å². The van der Waals surface area contributed by atoms with Crippen molar-refractivity contribution in [1.29, 1.82) is 0 Å². The van der Waals surface area contributed by atoms with E-state index in [1.165, 1.54) is 0 Å². The molecule has 3 aromatic rings. The number of anilines is 1. The number of amides is 2. The van der Waals surface area contributed by atoms with Gasteiger partial charge in [0, 0.05) is 23.2 Å². The summed E-state index contributed by atoms with van der Waals surface area (Å²) in [6.07, 6.45) is 0. The van der Waals surface area contributed by atoms with Crippen LogP contribution >= 0.6 is 0 Å². The van der Waals surface area contributed by atoms with Crippen LogP contribution in [0, 0.1) is 6.92 Å². The number of nitrogens with one attached hydrogen (secondary N) is 1. The molecule has 1 unspecified atom stereocenters. The Bertz CT molecular complexity index is 1260. The van der Waals surface area contributed by atoms with Crippen molar-refractivity contribution in [1.82, 2.24) is 10.2 Å². The third-order valence-electron chi connectivity index (χ3n) is 5.79. The Balaban J connectivity index is 1.91. The van der Waals surface area contributed by atoms with E-state index in [-0.39, 0.29) is 11.8 Å². The predicted molar refractivity (Wildman–Crippen MR) is 141 cm³/mol. The van der Waals surface area contributed by atoms with Gasteiger partial charge >= 0.3 is 0 Å². The Hall–Kier alpha value is -3.93. The molecule has 0 radical (unpaired) electrons. The second-order valence-electron chi connectivity index (χ2n) is 9.74. The second kappa shape index (κ2) is 9.74. The SMILES string of the molecule is CCN1C(N(C(=O)c2ccccc2)c2cccc(C)c2)=Nc2ccccc2C1C(=O)NC(C)(C)C. The number of hydrogen-bond acceptors (Lipinski definition) is 4.